The van der Waals surface area contributed by atoms with E-state index in [1.54, 1.807) is 0 Å². The molecule has 5 nitrogen and oxygen atoms in total. The molecule has 124 valence electrons. The third kappa shape index (κ3) is 4.24. The van der Waals surface area contributed by atoms with Crippen LogP contribution in [-0.4, -0.2) is 29.3 Å². The molecule has 1 aliphatic carbocycles. The van der Waals surface area contributed by atoms with Crippen LogP contribution < -0.4 is 10.6 Å². The molecule has 1 heterocycles. The van der Waals surface area contributed by atoms with Gasteiger partial charge in [-0.1, -0.05) is 19.8 Å². The lowest BCUT2D eigenvalue weighted by atomic mass is 9.82. The van der Waals surface area contributed by atoms with Crippen LogP contribution in [0.5, 0.6) is 0 Å². The number of hydrogen-bond acceptors (Lipinski definition) is 2. The summed E-state index contributed by atoms with van der Waals surface area (Å²) in [6, 6.07) is 0. The van der Waals surface area contributed by atoms with Gasteiger partial charge >= 0.3 is 0 Å². The Hall–Kier alpha value is -1.52. The molecule has 0 bridgehead atoms. The lowest BCUT2D eigenvalue weighted by Crippen LogP contribution is -2.40. The van der Waals surface area contributed by atoms with Crippen LogP contribution in [0.25, 0.3) is 0 Å². The molecular formula is C17H31N5. The maximum Gasteiger partial charge on any atom is 0.191 e. The number of aliphatic imine (C=N–C) groups is 1. The van der Waals surface area contributed by atoms with Gasteiger partial charge in [0.05, 0.1) is 5.69 Å². The van der Waals surface area contributed by atoms with E-state index in [0.29, 0.717) is 0 Å². The van der Waals surface area contributed by atoms with E-state index in [4.69, 9.17) is 0 Å². The highest BCUT2D eigenvalue weighted by atomic mass is 15.3. The second-order valence-corrected chi connectivity index (χ2v) is 6.72. The minimum atomic E-state index is 0.770. The number of guanidine groups is 1. The van der Waals surface area contributed by atoms with Crippen molar-refractivity contribution < 1.29 is 0 Å². The first kappa shape index (κ1) is 16.8. The lowest BCUT2D eigenvalue weighted by molar-refractivity contribution is 0.282. The number of nitrogens with one attached hydrogen (secondary N) is 2. The molecule has 1 fully saturated rings. The van der Waals surface area contributed by atoms with Gasteiger partial charge in [0.1, 0.15) is 0 Å². The highest BCUT2D eigenvalue weighted by molar-refractivity contribution is 5.79. The van der Waals surface area contributed by atoms with Gasteiger partial charge in [0, 0.05) is 38.4 Å². The summed E-state index contributed by atoms with van der Waals surface area (Å²) in [4.78, 5) is 4.34. The molecule has 0 aliphatic heterocycles. The molecule has 5 heteroatoms. The van der Waals surface area contributed by atoms with Crippen molar-refractivity contribution in [2.24, 2.45) is 23.9 Å². The summed E-state index contributed by atoms with van der Waals surface area (Å²) >= 11 is 0. The smallest absolute Gasteiger partial charge is 0.191 e. The van der Waals surface area contributed by atoms with Crippen LogP contribution in [0, 0.1) is 25.7 Å². The van der Waals surface area contributed by atoms with E-state index in [1.807, 2.05) is 18.8 Å². The Morgan fingerprint density at radius 3 is 2.68 bits per heavy atom. The predicted molar refractivity (Wildman–Crippen MR) is 92.0 cm³/mol. The summed E-state index contributed by atoms with van der Waals surface area (Å²) in [5.41, 5.74) is 3.56. The fourth-order valence-electron chi connectivity index (χ4n) is 3.45. The highest BCUT2D eigenvalue weighted by Gasteiger charge is 2.19. The third-order valence-corrected chi connectivity index (χ3v) is 4.92. The van der Waals surface area contributed by atoms with Crippen LogP contribution in [0.1, 0.15) is 49.6 Å². The van der Waals surface area contributed by atoms with Gasteiger partial charge < -0.3 is 10.6 Å². The van der Waals surface area contributed by atoms with Gasteiger partial charge in [0.15, 0.2) is 5.96 Å². The summed E-state index contributed by atoms with van der Waals surface area (Å²) in [7, 11) is 3.82. The van der Waals surface area contributed by atoms with E-state index in [0.717, 1.165) is 36.6 Å². The number of hydrogen-bond donors (Lipinski definition) is 2. The molecule has 2 unspecified atom stereocenters. The normalized spacial score (nSPS) is 22.7. The molecule has 1 aromatic heterocycles. The number of aromatic nitrogens is 2. The molecular weight excluding hydrogens is 274 g/mol. The average Bonchev–Trinajstić information content (AvgIpc) is 2.73. The second kappa shape index (κ2) is 7.65. The Morgan fingerprint density at radius 1 is 1.32 bits per heavy atom. The first-order valence-corrected chi connectivity index (χ1v) is 8.44. The summed E-state index contributed by atoms with van der Waals surface area (Å²) < 4.78 is 1.94. The fourth-order valence-corrected chi connectivity index (χ4v) is 3.45. The van der Waals surface area contributed by atoms with Crippen LogP contribution in [-0.2, 0) is 13.6 Å². The van der Waals surface area contributed by atoms with Crippen molar-refractivity contribution in [3.63, 3.8) is 0 Å². The molecule has 0 radical (unpaired) electrons. The van der Waals surface area contributed by atoms with Crippen molar-refractivity contribution in [2.75, 3.05) is 13.6 Å². The molecule has 22 heavy (non-hydrogen) atoms. The van der Waals surface area contributed by atoms with Gasteiger partial charge in [-0.25, -0.2) is 0 Å². The summed E-state index contributed by atoms with van der Waals surface area (Å²) in [5.74, 6) is 2.54. The quantitative estimate of drug-likeness (QED) is 0.664. The zero-order valence-electron chi connectivity index (χ0n) is 14.7. The third-order valence-electron chi connectivity index (χ3n) is 4.92. The molecule has 0 saturated heterocycles. The van der Waals surface area contributed by atoms with Crippen molar-refractivity contribution in [1.29, 1.82) is 0 Å². The van der Waals surface area contributed by atoms with Crippen molar-refractivity contribution in [3.8, 4) is 0 Å². The molecule has 0 aromatic carbocycles. The zero-order valence-corrected chi connectivity index (χ0v) is 14.7. The summed E-state index contributed by atoms with van der Waals surface area (Å²) in [5, 5.41) is 11.4. The number of aryl methyl sites for hydroxylation is 2. The van der Waals surface area contributed by atoms with E-state index in [2.05, 4.69) is 41.5 Å². The van der Waals surface area contributed by atoms with Crippen molar-refractivity contribution in [1.82, 2.24) is 20.4 Å². The summed E-state index contributed by atoms with van der Waals surface area (Å²) in [6.07, 6.45) is 5.44. The zero-order chi connectivity index (χ0) is 16.1. The monoisotopic (exact) mass is 305 g/mol. The summed E-state index contributed by atoms with van der Waals surface area (Å²) in [6.45, 7) is 8.33. The topological polar surface area (TPSA) is 54.2 Å². The van der Waals surface area contributed by atoms with E-state index >= 15 is 0 Å². The Balaban J connectivity index is 1.82. The maximum absolute atomic E-state index is 4.46. The van der Waals surface area contributed by atoms with Crippen molar-refractivity contribution in [2.45, 2.75) is 53.0 Å². The Labute approximate surface area is 134 Å². The maximum atomic E-state index is 4.46. The predicted octanol–water partition coefficient (Wildman–Crippen LogP) is 2.53. The van der Waals surface area contributed by atoms with Gasteiger partial charge in [-0.05, 0) is 38.5 Å². The second-order valence-electron chi connectivity index (χ2n) is 6.72. The van der Waals surface area contributed by atoms with Gasteiger partial charge in [-0.2, -0.15) is 5.10 Å². The van der Waals surface area contributed by atoms with Crippen LogP contribution in [0.15, 0.2) is 4.99 Å². The molecule has 1 aliphatic rings. The van der Waals surface area contributed by atoms with Crippen LogP contribution >= 0.6 is 0 Å². The number of nitrogens with zero attached hydrogens (tertiary/aromatic N) is 3. The molecule has 0 amide bonds. The Kier molecular flexibility index (Phi) is 5.86. The largest absolute Gasteiger partial charge is 0.356 e. The average molecular weight is 305 g/mol. The Bertz CT molecular complexity index is 517. The van der Waals surface area contributed by atoms with Crippen molar-refractivity contribution in [3.05, 3.63) is 17.0 Å². The van der Waals surface area contributed by atoms with E-state index in [-0.39, 0.29) is 0 Å². The van der Waals surface area contributed by atoms with E-state index in [9.17, 15) is 0 Å². The molecule has 2 atom stereocenters. The van der Waals surface area contributed by atoms with Gasteiger partial charge in [-0.3, -0.25) is 9.67 Å². The van der Waals surface area contributed by atoms with Crippen LogP contribution in [0.3, 0.4) is 0 Å². The minimum absolute atomic E-state index is 0.770. The van der Waals surface area contributed by atoms with Gasteiger partial charge in [0.2, 0.25) is 0 Å². The van der Waals surface area contributed by atoms with Gasteiger partial charge in [0.25, 0.3) is 0 Å². The first-order valence-electron chi connectivity index (χ1n) is 8.44. The molecule has 2 N–H and O–H groups in total. The Morgan fingerprint density at radius 2 is 2.09 bits per heavy atom. The first-order chi connectivity index (χ1) is 10.5. The van der Waals surface area contributed by atoms with Crippen LogP contribution in [0.2, 0.25) is 0 Å². The highest BCUT2D eigenvalue weighted by Crippen LogP contribution is 2.27. The lowest BCUT2D eigenvalue weighted by Gasteiger charge is -2.27. The van der Waals surface area contributed by atoms with E-state index in [1.165, 1.54) is 36.9 Å². The van der Waals surface area contributed by atoms with Crippen molar-refractivity contribution >= 4 is 5.96 Å². The minimum Gasteiger partial charge on any atom is -0.356 e. The SMILES string of the molecule is CN=C(NCc1c(C)nn(C)c1C)NCC1CCCC(C)C1. The molecule has 1 aromatic rings. The number of rotatable bonds is 4. The fraction of sp³-hybridized carbons (Fsp3) is 0.765. The molecule has 0 spiro atoms. The van der Waals surface area contributed by atoms with E-state index < -0.39 is 0 Å². The molecule has 2 rings (SSSR count). The van der Waals surface area contributed by atoms with Crippen LogP contribution in [0.4, 0.5) is 0 Å². The standard InChI is InChI=1S/C17H31N5/c1-12-7-6-8-15(9-12)10-19-17(18-4)20-11-16-13(2)21-22(5)14(16)3/h12,15H,6-11H2,1-5H3,(H2,18,19,20). The molecule has 1 saturated carbocycles. The van der Waals surface area contributed by atoms with Gasteiger partial charge in [-0.15, -0.1) is 0 Å².